The fraction of sp³-hybridized carbons (Fsp3) is 0.545. The molecule has 1 aliphatic heterocycles. The summed E-state index contributed by atoms with van der Waals surface area (Å²) in [6.07, 6.45) is 0.930. The minimum Gasteiger partial charge on any atom is -0.341 e. The SMILES string of the molecule is CN(C(=O)Cc1cccs1)[C@@H]1CCS(=O)(=O)C1. The number of thiophene rings is 1. The van der Waals surface area contributed by atoms with Crippen LogP contribution in [-0.2, 0) is 21.1 Å². The smallest absolute Gasteiger partial charge is 0.227 e. The van der Waals surface area contributed by atoms with Crippen molar-refractivity contribution in [1.82, 2.24) is 4.90 Å². The number of likely N-dealkylation sites (N-methyl/N-ethyl adjacent to an activating group) is 1. The lowest BCUT2D eigenvalue weighted by Gasteiger charge is -2.23. The van der Waals surface area contributed by atoms with Crippen LogP contribution in [0.4, 0.5) is 0 Å². The Bertz CT molecular complexity index is 493. The zero-order valence-corrected chi connectivity index (χ0v) is 11.3. The maximum Gasteiger partial charge on any atom is 0.227 e. The molecule has 0 spiro atoms. The molecule has 1 saturated heterocycles. The van der Waals surface area contributed by atoms with E-state index in [1.165, 1.54) is 0 Å². The maximum atomic E-state index is 11.9. The van der Waals surface area contributed by atoms with Gasteiger partial charge in [0, 0.05) is 18.0 Å². The average Bonchev–Trinajstić information content (AvgIpc) is 2.86. The quantitative estimate of drug-likeness (QED) is 0.823. The molecule has 1 aromatic heterocycles. The molecule has 0 unspecified atom stereocenters. The van der Waals surface area contributed by atoms with E-state index in [2.05, 4.69) is 0 Å². The van der Waals surface area contributed by atoms with E-state index < -0.39 is 9.84 Å². The number of hydrogen-bond donors (Lipinski definition) is 0. The molecule has 2 rings (SSSR count). The van der Waals surface area contributed by atoms with E-state index in [9.17, 15) is 13.2 Å². The third kappa shape index (κ3) is 3.07. The van der Waals surface area contributed by atoms with Gasteiger partial charge >= 0.3 is 0 Å². The fourth-order valence-electron chi connectivity index (χ4n) is 1.97. The molecule has 0 aromatic carbocycles. The Labute approximate surface area is 105 Å². The molecule has 0 bridgehead atoms. The molecule has 1 amide bonds. The summed E-state index contributed by atoms with van der Waals surface area (Å²) in [4.78, 5) is 14.6. The molecule has 0 aliphatic carbocycles. The van der Waals surface area contributed by atoms with Crippen LogP contribution in [0.25, 0.3) is 0 Å². The van der Waals surface area contributed by atoms with Gasteiger partial charge in [-0.2, -0.15) is 0 Å². The second-order valence-corrected chi connectivity index (χ2v) is 7.58. The van der Waals surface area contributed by atoms with Gasteiger partial charge in [0.1, 0.15) is 0 Å². The summed E-state index contributed by atoms with van der Waals surface area (Å²) in [6.45, 7) is 0. The van der Waals surface area contributed by atoms with Crippen molar-refractivity contribution >= 4 is 27.1 Å². The molecule has 1 aliphatic rings. The zero-order chi connectivity index (χ0) is 12.5. The first-order valence-electron chi connectivity index (χ1n) is 5.46. The predicted octanol–water partition coefficient (Wildman–Crippen LogP) is 0.936. The van der Waals surface area contributed by atoms with Gasteiger partial charge in [0.25, 0.3) is 0 Å². The molecule has 0 radical (unpaired) electrons. The number of nitrogens with zero attached hydrogens (tertiary/aromatic N) is 1. The van der Waals surface area contributed by atoms with Gasteiger partial charge in [-0.15, -0.1) is 11.3 Å². The van der Waals surface area contributed by atoms with Gasteiger partial charge in [-0.3, -0.25) is 4.79 Å². The summed E-state index contributed by atoms with van der Waals surface area (Å²) in [5.41, 5.74) is 0. The topological polar surface area (TPSA) is 54.5 Å². The minimum atomic E-state index is -2.93. The number of rotatable bonds is 3. The van der Waals surface area contributed by atoms with Crippen LogP contribution in [0.3, 0.4) is 0 Å². The van der Waals surface area contributed by atoms with Crippen molar-refractivity contribution in [1.29, 1.82) is 0 Å². The highest BCUT2D eigenvalue weighted by Gasteiger charge is 2.32. The first-order chi connectivity index (χ1) is 7.98. The highest BCUT2D eigenvalue weighted by Crippen LogP contribution is 2.18. The largest absolute Gasteiger partial charge is 0.341 e. The van der Waals surface area contributed by atoms with Crippen LogP contribution >= 0.6 is 11.3 Å². The first kappa shape index (κ1) is 12.6. The Hall–Kier alpha value is -0.880. The molecule has 6 heteroatoms. The van der Waals surface area contributed by atoms with E-state index in [1.807, 2.05) is 17.5 Å². The normalized spacial score (nSPS) is 22.5. The Morgan fingerprint density at radius 1 is 1.59 bits per heavy atom. The molecule has 1 fully saturated rings. The number of carbonyl (C=O) groups excluding carboxylic acids is 1. The number of carbonyl (C=O) groups is 1. The summed E-state index contributed by atoms with van der Waals surface area (Å²) in [5.74, 6) is 0.308. The summed E-state index contributed by atoms with van der Waals surface area (Å²) in [6, 6.07) is 3.68. The van der Waals surface area contributed by atoms with Crippen molar-refractivity contribution in [2.45, 2.75) is 18.9 Å². The lowest BCUT2D eigenvalue weighted by molar-refractivity contribution is -0.130. The van der Waals surface area contributed by atoms with Crippen LogP contribution in [-0.4, -0.2) is 43.8 Å². The highest BCUT2D eigenvalue weighted by atomic mass is 32.2. The van der Waals surface area contributed by atoms with E-state index in [0.717, 1.165) is 4.88 Å². The molecule has 2 heterocycles. The second kappa shape index (κ2) is 4.78. The van der Waals surface area contributed by atoms with Crippen molar-refractivity contribution < 1.29 is 13.2 Å². The first-order valence-corrected chi connectivity index (χ1v) is 8.16. The molecule has 17 heavy (non-hydrogen) atoms. The van der Waals surface area contributed by atoms with Gasteiger partial charge in [0.05, 0.1) is 17.9 Å². The molecule has 0 saturated carbocycles. The number of amides is 1. The van der Waals surface area contributed by atoms with E-state index in [1.54, 1.807) is 23.3 Å². The highest BCUT2D eigenvalue weighted by molar-refractivity contribution is 7.91. The van der Waals surface area contributed by atoms with Crippen LogP contribution in [0, 0.1) is 0 Å². The maximum absolute atomic E-state index is 11.9. The van der Waals surface area contributed by atoms with Crippen LogP contribution in [0.15, 0.2) is 17.5 Å². The van der Waals surface area contributed by atoms with Crippen molar-refractivity contribution in [2.24, 2.45) is 0 Å². The van der Waals surface area contributed by atoms with Gasteiger partial charge in [-0.25, -0.2) is 8.42 Å². The van der Waals surface area contributed by atoms with E-state index >= 15 is 0 Å². The zero-order valence-electron chi connectivity index (χ0n) is 9.63. The fourth-order valence-corrected chi connectivity index (χ4v) is 4.44. The van der Waals surface area contributed by atoms with Crippen LogP contribution < -0.4 is 0 Å². The molecule has 4 nitrogen and oxygen atoms in total. The third-order valence-electron chi connectivity index (χ3n) is 3.06. The van der Waals surface area contributed by atoms with Gasteiger partial charge < -0.3 is 4.90 Å². The Morgan fingerprint density at radius 2 is 2.35 bits per heavy atom. The van der Waals surface area contributed by atoms with Gasteiger partial charge in [-0.1, -0.05) is 6.07 Å². The Kier molecular flexibility index (Phi) is 3.53. The number of hydrogen-bond acceptors (Lipinski definition) is 4. The lowest BCUT2D eigenvalue weighted by Crippen LogP contribution is -2.38. The van der Waals surface area contributed by atoms with Crippen molar-refractivity contribution in [2.75, 3.05) is 18.6 Å². The van der Waals surface area contributed by atoms with Gasteiger partial charge in [-0.05, 0) is 17.9 Å². The summed E-state index contributed by atoms with van der Waals surface area (Å²) in [5, 5.41) is 1.93. The summed E-state index contributed by atoms with van der Waals surface area (Å²) < 4.78 is 22.7. The summed E-state index contributed by atoms with van der Waals surface area (Å²) in [7, 11) is -1.23. The monoisotopic (exact) mass is 273 g/mol. The van der Waals surface area contributed by atoms with Crippen molar-refractivity contribution in [3.63, 3.8) is 0 Å². The molecular formula is C11H15NO3S2. The van der Waals surface area contributed by atoms with Crippen molar-refractivity contribution in [3.05, 3.63) is 22.4 Å². The van der Waals surface area contributed by atoms with E-state index in [-0.39, 0.29) is 23.5 Å². The standard InChI is InChI=1S/C11H15NO3S2/c1-12(9-4-6-17(14,15)8-9)11(13)7-10-3-2-5-16-10/h2-3,5,9H,4,6-8H2,1H3/t9-/m1/s1. The van der Waals surface area contributed by atoms with Crippen LogP contribution in [0.1, 0.15) is 11.3 Å². The molecular weight excluding hydrogens is 258 g/mol. The van der Waals surface area contributed by atoms with Crippen LogP contribution in [0.5, 0.6) is 0 Å². The number of sulfone groups is 1. The molecule has 94 valence electrons. The Balaban J connectivity index is 1.96. The predicted molar refractivity (Wildman–Crippen MR) is 67.9 cm³/mol. The summed E-state index contributed by atoms with van der Waals surface area (Å²) >= 11 is 1.55. The van der Waals surface area contributed by atoms with E-state index in [4.69, 9.17) is 0 Å². The van der Waals surface area contributed by atoms with Crippen molar-refractivity contribution in [3.8, 4) is 0 Å². The Morgan fingerprint density at radius 3 is 2.88 bits per heavy atom. The van der Waals surface area contributed by atoms with E-state index in [0.29, 0.717) is 12.8 Å². The molecule has 1 aromatic rings. The third-order valence-corrected chi connectivity index (χ3v) is 5.68. The lowest BCUT2D eigenvalue weighted by atomic mass is 10.2. The molecule has 0 N–H and O–H groups in total. The van der Waals surface area contributed by atoms with Gasteiger partial charge in [0.15, 0.2) is 9.84 Å². The van der Waals surface area contributed by atoms with Crippen LogP contribution in [0.2, 0.25) is 0 Å². The second-order valence-electron chi connectivity index (χ2n) is 4.32. The average molecular weight is 273 g/mol. The van der Waals surface area contributed by atoms with Gasteiger partial charge in [0.2, 0.25) is 5.91 Å². The minimum absolute atomic E-state index is 0.00505. The molecule has 1 atom stereocenters.